The van der Waals surface area contributed by atoms with Crippen molar-refractivity contribution < 1.29 is 8.94 Å². The molecule has 0 aliphatic carbocycles. The summed E-state index contributed by atoms with van der Waals surface area (Å²) in [5, 5.41) is 11.0. The molecule has 1 fully saturated rings. The van der Waals surface area contributed by atoms with Gasteiger partial charge in [-0.15, -0.1) is 0 Å². The SMILES string of the molecule is Cc1cc([C@H]2CCCN2Cc2ccc(-c3ccn[nH]3)o2)no1. The smallest absolute Gasteiger partial charge is 0.152 e. The minimum Gasteiger partial charge on any atom is -0.458 e. The van der Waals surface area contributed by atoms with E-state index in [1.165, 1.54) is 6.42 Å². The number of likely N-dealkylation sites (tertiary alicyclic amines) is 1. The molecule has 0 saturated carbocycles. The highest BCUT2D eigenvalue weighted by Crippen LogP contribution is 2.33. The van der Waals surface area contributed by atoms with Crippen LogP contribution in [0.4, 0.5) is 0 Å². The third-order valence-corrected chi connectivity index (χ3v) is 4.14. The van der Waals surface area contributed by atoms with Gasteiger partial charge in [0.15, 0.2) is 5.76 Å². The van der Waals surface area contributed by atoms with E-state index in [0.29, 0.717) is 6.04 Å². The number of aromatic nitrogens is 3. The minimum atomic E-state index is 0.318. The molecule has 1 saturated heterocycles. The fourth-order valence-corrected chi connectivity index (χ4v) is 3.09. The number of H-pyrrole nitrogens is 1. The van der Waals surface area contributed by atoms with E-state index >= 15 is 0 Å². The van der Waals surface area contributed by atoms with Crippen LogP contribution in [0.25, 0.3) is 11.5 Å². The van der Waals surface area contributed by atoms with Gasteiger partial charge in [-0.25, -0.2) is 0 Å². The molecular weight excluding hydrogens is 280 g/mol. The second kappa shape index (κ2) is 5.46. The fraction of sp³-hybridized carbons (Fsp3) is 0.375. The zero-order chi connectivity index (χ0) is 14.9. The molecule has 3 aromatic heterocycles. The molecule has 3 aromatic rings. The van der Waals surface area contributed by atoms with Gasteiger partial charge < -0.3 is 8.94 Å². The lowest BCUT2D eigenvalue weighted by atomic mass is 10.1. The number of furan rings is 1. The van der Waals surface area contributed by atoms with E-state index in [4.69, 9.17) is 8.94 Å². The van der Waals surface area contributed by atoms with Gasteiger partial charge in [0.05, 0.1) is 12.6 Å². The Morgan fingerprint density at radius 1 is 1.36 bits per heavy atom. The zero-order valence-electron chi connectivity index (χ0n) is 12.5. The number of hydrogen-bond acceptors (Lipinski definition) is 5. The molecule has 114 valence electrons. The fourth-order valence-electron chi connectivity index (χ4n) is 3.09. The molecule has 1 atom stereocenters. The lowest BCUT2D eigenvalue weighted by molar-refractivity contribution is 0.219. The number of rotatable bonds is 4. The number of hydrogen-bond donors (Lipinski definition) is 1. The van der Waals surface area contributed by atoms with Crippen LogP contribution in [0.15, 0.2) is 39.4 Å². The predicted octanol–water partition coefficient (Wildman–Crippen LogP) is 3.30. The number of nitrogens with zero attached hydrogens (tertiary/aromatic N) is 3. The van der Waals surface area contributed by atoms with Gasteiger partial charge >= 0.3 is 0 Å². The van der Waals surface area contributed by atoms with Crippen LogP contribution >= 0.6 is 0 Å². The van der Waals surface area contributed by atoms with Gasteiger partial charge in [0.1, 0.15) is 22.9 Å². The van der Waals surface area contributed by atoms with Crippen molar-refractivity contribution in [1.82, 2.24) is 20.3 Å². The first-order valence-electron chi connectivity index (χ1n) is 7.55. The van der Waals surface area contributed by atoms with E-state index in [0.717, 1.165) is 48.2 Å². The van der Waals surface area contributed by atoms with Crippen LogP contribution in [-0.2, 0) is 6.54 Å². The van der Waals surface area contributed by atoms with E-state index in [-0.39, 0.29) is 0 Å². The highest BCUT2D eigenvalue weighted by molar-refractivity contribution is 5.51. The largest absolute Gasteiger partial charge is 0.458 e. The van der Waals surface area contributed by atoms with Crippen molar-refractivity contribution in [2.45, 2.75) is 32.4 Å². The van der Waals surface area contributed by atoms with Crippen LogP contribution in [0.5, 0.6) is 0 Å². The van der Waals surface area contributed by atoms with Crippen molar-refractivity contribution >= 4 is 0 Å². The summed E-state index contributed by atoms with van der Waals surface area (Å²) in [5.41, 5.74) is 1.92. The van der Waals surface area contributed by atoms with Crippen LogP contribution in [0.1, 0.15) is 36.1 Å². The quantitative estimate of drug-likeness (QED) is 0.800. The zero-order valence-corrected chi connectivity index (χ0v) is 12.5. The molecule has 4 heterocycles. The Balaban J connectivity index is 1.50. The van der Waals surface area contributed by atoms with E-state index in [9.17, 15) is 0 Å². The van der Waals surface area contributed by atoms with Gasteiger partial charge in [-0.05, 0) is 44.5 Å². The second-order valence-electron chi connectivity index (χ2n) is 5.73. The lowest BCUT2D eigenvalue weighted by Crippen LogP contribution is -2.22. The van der Waals surface area contributed by atoms with E-state index < -0.39 is 0 Å². The first-order valence-corrected chi connectivity index (χ1v) is 7.55. The molecule has 6 heteroatoms. The summed E-state index contributed by atoms with van der Waals surface area (Å²) < 4.78 is 11.1. The number of aromatic amines is 1. The third kappa shape index (κ3) is 2.46. The average Bonchev–Trinajstić information content (AvgIpc) is 3.26. The predicted molar refractivity (Wildman–Crippen MR) is 79.9 cm³/mol. The summed E-state index contributed by atoms with van der Waals surface area (Å²) in [6.07, 6.45) is 4.01. The number of nitrogens with one attached hydrogen (secondary N) is 1. The molecule has 0 amide bonds. The molecule has 0 aromatic carbocycles. The Labute approximate surface area is 128 Å². The molecule has 1 aliphatic rings. The van der Waals surface area contributed by atoms with E-state index in [1.54, 1.807) is 6.20 Å². The Hall–Kier alpha value is -2.34. The minimum absolute atomic E-state index is 0.318. The second-order valence-corrected chi connectivity index (χ2v) is 5.73. The van der Waals surface area contributed by atoms with Crippen LogP contribution in [0.3, 0.4) is 0 Å². The number of aryl methyl sites for hydroxylation is 1. The maximum atomic E-state index is 5.92. The molecule has 0 spiro atoms. The van der Waals surface area contributed by atoms with Crippen molar-refractivity contribution in [2.24, 2.45) is 0 Å². The topological polar surface area (TPSA) is 71.1 Å². The van der Waals surface area contributed by atoms with Crippen LogP contribution in [-0.4, -0.2) is 26.8 Å². The summed E-state index contributed by atoms with van der Waals surface area (Å²) in [5.74, 6) is 2.64. The third-order valence-electron chi connectivity index (χ3n) is 4.14. The van der Waals surface area contributed by atoms with Gasteiger partial charge in [-0.3, -0.25) is 10.00 Å². The van der Waals surface area contributed by atoms with Crippen molar-refractivity contribution in [3.8, 4) is 11.5 Å². The van der Waals surface area contributed by atoms with Crippen molar-refractivity contribution in [1.29, 1.82) is 0 Å². The molecule has 0 bridgehead atoms. The van der Waals surface area contributed by atoms with Gasteiger partial charge in [0.2, 0.25) is 0 Å². The highest BCUT2D eigenvalue weighted by atomic mass is 16.5. The first kappa shape index (κ1) is 13.3. The molecule has 6 nitrogen and oxygen atoms in total. The lowest BCUT2D eigenvalue weighted by Gasteiger charge is -2.21. The van der Waals surface area contributed by atoms with Gasteiger partial charge in [-0.1, -0.05) is 5.16 Å². The van der Waals surface area contributed by atoms with Crippen molar-refractivity contribution in [2.75, 3.05) is 6.54 Å². The Morgan fingerprint density at radius 3 is 3.09 bits per heavy atom. The molecule has 1 aliphatic heterocycles. The van der Waals surface area contributed by atoms with Crippen LogP contribution < -0.4 is 0 Å². The summed E-state index contributed by atoms with van der Waals surface area (Å²) in [6.45, 7) is 3.76. The normalized spacial score (nSPS) is 19.0. The Morgan fingerprint density at radius 2 is 2.32 bits per heavy atom. The molecule has 0 radical (unpaired) electrons. The van der Waals surface area contributed by atoms with Crippen molar-refractivity contribution in [3.05, 3.63) is 47.7 Å². The van der Waals surface area contributed by atoms with Crippen molar-refractivity contribution in [3.63, 3.8) is 0 Å². The average molecular weight is 298 g/mol. The summed E-state index contributed by atoms with van der Waals surface area (Å²) in [7, 11) is 0. The monoisotopic (exact) mass is 298 g/mol. The molecule has 0 unspecified atom stereocenters. The molecule has 22 heavy (non-hydrogen) atoms. The van der Waals surface area contributed by atoms with E-state index in [2.05, 4.69) is 20.3 Å². The molecular formula is C16H18N4O2. The summed E-state index contributed by atoms with van der Waals surface area (Å²) in [6, 6.07) is 8.26. The molecule has 4 rings (SSSR count). The van der Waals surface area contributed by atoms with Gasteiger partial charge in [-0.2, -0.15) is 5.10 Å². The Kier molecular flexibility index (Phi) is 3.31. The first-order chi connectivity index (χ1) is 10.8. The standard InChI is InChI=1S/C16H18N4O2/c1-11-9-14(19-22-11)15-3-2-8-20(15)10-12-4-5-16(21-12)13-6-7-17-18-13/h4-7,9,15H,2-3,8,10H2,1H3,(H,17,18)/t15-/m1/s1. The van der Waals surface area contributed by atoms with Crippen LogP contribution in [0, 0.1) is 6.92 Å². The van der Waals surface area contributed by atoms with Gasteiger partial charge in [0.25, 0.3) is 0 Å². The van der Waals surface area contributed by atoms with Gasteiger partial charge in [0, 0.05) is 12.3 Å². The summed E-state index contributed by atoms with van der Waals surface area (Å²) >= 11 is 0. The maximum absolute atomic E-state index is 5.92. The molecule has 1 N–H and O–H groups in total. The Bertz CT molecular complexity index is 744. The summed E-state index contributed by atoms with van der Waals surface area (Å²) in [4.78, 5) is 2.40. The van der Waals surface area contributed by atoms with Crippen LogP contribution in [0.2, 0.25) is 0 Å². The maximum Gasteiger partial charge on any atom is 0.152 e. The highest BCUT2D eigenvalue weighted by Gasteiger charge is 2.29. The van der Waals surface area contributed by atoms with E-state index in [1.807, 2.05) is 31.2 Å².